The lowest BCUT2D eigenvalue weighted by Crippen LogP contribution is -2.32. The molecule has 1 heterocycles. The van der Waals surface area contributed by atoms with Crippen LogP contribution in [0, 0.1) is 11.6 Å². The van der Waals surface area contributed by atoms with Crippen LogP contribution in [0.5, 0.6) is 5.75 Å². The van der Waals surface area contributed by atoms with Crippen molar-refractivity contribution in [3.63, 3.8) is 0 Å². The Kier molecular flexibility index (Phi) is 3.56. The number of nitrogens with zero attached hydrogens (tertiary/aromatic N) is 1. The van der Waals surface area contributed by atoms with E-state index in [1.807, 2.05) is 18.2 Å². The van der Waals surface area contributed by atoms with E-state index in [4.69, 9.17) is 4.74 Å². The van der Waals surface area contributed by atoms with Crippen molar-refractivity contribution in [1.29, 1.82) is 0 Å². The molecule has 1 amide bonds. The van der Waals surface area contributed by atoms with Crippen LogP contribution < -0.4 is 4.74 Å². The van der Waals surface area contributed by atoms with Gasteiger partial charge in [-0.05, 0) is 12.1 Å². The van der Waals surface area contributed by atoms with Crippen LogP contribution >= 0.6 is 0 Å². The lowest BCUT2D eigenvalue weighted by Gasteiger charge is -2.20. The van der Waals surface area contributed by atoms with E-state index in [0.717, 1.165) is 11.6 Å². The molecular weight excluding hydrogens is 276 g/mol. The Bertz CT molecular complexity index is 688. The Morgan fingerprint density at radius 3 is 2.76 bits per heavy atom. The van der Waals surface area contributed by atoms with Crippen LogP contribution in [0.1, 0.15) is 11.1 Å². The van der Waals surface area contributed by atoms with E-state index in [9.17, 15) is 13.6 Å². The van der Waals surface area contributed by atoms with Gasteiger partial charge in [0, 0.05) is 30.3 Å². The number of hydrogen-bond donors (Lipinski definition) is 0. The smallest absolute Gasteiger partial charge is 0.261 e. The number of fused-ring (bicyclic) bond motifs is 1. The summed E-state index contributed by atoms with van der Waals surface area (Å²) in [4.78, 5) is 13.6. The Morgan fingerprint density at radius 2 is 1.95 bits per heavy atom. The average molecular weight is 289 g/mol. The maximum Gasteiger partial charge on any atom is 0.261 e. The van der Waals surface area contributed by atoms with Crippen LogP contribution in [0.3, 0.4) is 0 Å². The third-order valence-corrected chi connectivity index (χ3v) is 3.41. The fourth-order valence-electron chi connectivity index (χ4n) is 2.30. The second-order valence-corrected chi connectivity index (χ2v) is 4.88. The van der Waals surface area contributed by atoms with Gasteiger partial charge in [0.15, 0.2) is 6.61 Å². The highest BCUT2D eigenvalue weighted by molar-refractivity contribution is 5.78. The number of carbonyl (C=O) groups is 1. The molecule has 0 N–H and O–H groups in total. The summed E-state index contributed by atoms with van der Waals surface area (Å²) >= 11 is 0. The van der Waals surface area contributed by atoms with E-state index in [1.54, 1.807) is 6.07 Å². The summed E-state index contributed by atoms with van der Waals surface area (Å²) in [6, 6.07) is 10.7. The summed E-state index contributed by atoms with van der Waals surface area (Å²) in [6.45, 7) is 0.342. The molecule has 0 aromatic heterocycles. The lowest BCUT2D eigenvalue weighted by atomic mass is 10.1. The number of benzene rings is 2. The molecule has 0 saturated heterocycles. The topological polar surface area (TPSA) is 29.5 Å². The standard InChI is InChI=1S/C16H13F2NO2/c17-13-6-5-11(14(18)7-13)8-19-9-12-3-1-2-4-15(12)21-10-16(19)20/h1-7H,8-10H2. The molecular formula is C16H13F2NO2. The second-order valence-electron chi connectivity index (χ2n) is 4.88. The van der Waals surface area contributed by atoms with E-state index in [-0.39, 0.29) is 24.6 Å². The molecule has 3 nitrogen and oxygen atoms in total. The predicted molar refractivity (Wildman–Crippen MR) is 72.5 cm³/mol. The van der Waals surface area contributed by atoms with Gasteiger partial charge in [0.2, 0.25) is 0 Å². The van der Waals surface area contributed by atoms with Gasteiger partial charge in [-0.15, -0.1) is 0 Å². The first-order chi connectivity index (χ1) is 10.1. The highest BCUT2D eigenvalue weighted by Crippen LogP contribution is 2.24. The molecule has 108 valence electrons. The maximum atomic E-state index is 13.7. The van der Waals surface area contributed by atoms with Gasteiger partial charge in [-0.1, -0.05) is 24.3 Å². The van der Waals surface area contributed by atoms with Crippen molar-refractivity contribution in [2.24, 2.45) is 0 Å². The summed E-state index contributed by atoms with van der Waals surface area (Å²) < 4.78 is 32.1. The van der Waals surface area contributed by atoms with E-state index in [1.165, 1.54) is 17.0 Å². The van der Waals surface area contributed by atoms with Gasteiger partial charge in [0.25, 0.3) is 5.91 Å². The SMILES string of the molecule is O=C1COc2ccccc2CN1Cc1ccc(F)cc1F. The number of para-hydroxylation sites is 1. The fraction of sp³-hybridized carbons (Fsp3) is 0.188. The van der Waals surface area contributed by atoms with Crippen molar-refractivity contribution in [3.05, 3.63) is 65.2 Å². The van der Waals surface area contributed by atoms with E-state index >= 15 is 0 Å². The molecule has 1 aliphatic heterocycles. The van der Waals surface area contributed by atoms with Gasteiger partial charge in [-0.2, -0.15) is 0 Å². The molecule has 2 aromatic carbocycles. The number of ether oxygens (including phenoxy) is 1. The quantitative estimate of drug-likeness (QED) is 0.851. The molecule has 0 fully saturated rings. The molecule has 5 heteroatoms. The summed E-state index contributed by atoms with van der Waals surface area (Å²) in [5.41, 5.74) is 1.15. The average Bonchev–Trinajstić information content (AvgIpc) is 2.62. The van der Waals surface area contributed by atoms with Gasteiger partial charge in [0.1, 0.15) is 17.4 Å². The lowest BCUT2D eigenvalue weighted by molar-refractivity contribution is -0.133. The Labute approximate surface area is 120 Å². The molecule has 0 radical (unpaired) electrons. The molecule has 0 spiro atoms. The predicted octanol–water partition coefficient (Wildman–Crippen LogP) is 2.89. The monoisotopic (exact) mass is 289 g/mol. The normalized spacial score (nSPS) is 14.4. The minimum atomic E-state index is -0.652. The molecule has 2 aromatic rings. The Balaban J connectivity index is 1.85. The Morgan fingerprint density at radius 1 is 1.14 bits per heavy atom. The first-order valence-corrected chi connectivity index (χ1v) is 6.56. The molecule has 0 atom stereocenters. The zero-order valence-electron chi connectivity index (χ0n) is 11.2. The first-order valence-electron chi connectivity index (χ1n) is 6.56. The Hall–Kier alpha value is -2.43. The fourth-order valence-corrected chi connectivity index (χ4v) is 2.30. The molecule has 0 saturated carbocycles. The van der Waals surface area contributed by atoms with E-state index < -0.39 is 11.6 Å². The number of rotatable bonds is 2. The zero-order chi connectivity index (χ0) is 14.8. The molecule has 0 aliphatic carbocycles. The molecule has 3 rings (SSSR count). The largest absolute Gasteiger partial charge is 0.483 e. The minimum Gasteiger partial charge on any atom is -0.483 e. The minimum absolute atomic E-state index is 0.0835. The van der Waals surface area contributed by atoms with Crippen LogP contribution in [-0.4, -0.2) is 17.4 Å². The van der Waals surface area contributed by atoms with Crippen molar-refractivity contribution in [2.45, 2.75) is 13.1 Å². The van der Waals surface area contributed by atoms with Crippen molar-refractivity contribution < 1.29 is 18.3 Å². The van der Waals surface area contributed by atoms with Gasteiger partial charge in [-0.25, -0.2) is 8.78 Å². The summed E-state index contributed by atoms with van der Waals surface area (Å²) in [6.07, 6.45) is 0. The molecule has 1 aliphatic rings. The van der Waals surface area contributed by atoms with Crippen LogP contribution in [0.2, 0.25) is 0 Å². The van der Waals surface area contributed by atoms with Crippen LogP contribution in [0.15, 0.2) is 42.5 Å². The van der Waals surface area contributed by atoms with Crippen LogP contribution in [0.25, 0.3) is 0 Å². The van der Waals surface area contributed by atoms with Gasteiger partial charge >= 0.3 is 0 Å². The van der Waals surface area contributed by atoms with Crippen molar-refractivity contribution >= 4 is 5.91 Å². The van der Waals surface area contributed by atoms with Crippen LogP contribution in [0.4, 0.5) is 8.78 Å². The van der Waals surface area contributed by atoms with Crippen molar-refractivity contribution in [1.82, 2.24) is 4.90 Å². The highest BCUT2D eigenvalue weighted by Gasteiger charge is 2.22. The third-order valence-electron chi connectivity index (χ3n) is 3.41. The van der Waals surface area contributed by atoms with Crippen LogP contribution in [-0.2, 0) is 17.9 Å². The number of hydrogen-bond acceptors (Lipinski definition) is 2. The van der Waals surface area contributed by atoms with E-state index in [2.05, 4.69) is 0 Å². The summed E-state index contributed by atoms with van der Waals surface area (Å²) in [5, 5.41) is 0. The van der Waals surface area contributed by atoms with Crippen molar-refractivity contribution in [3.8, 4) is 5.75 Å². The first kappa shape index (κ1) is 13.5. The third kappa shape index (κ3) is 2.86. The van der Waals surface area contributed by atoms with Gasteiger partial charge in [-0.3, -0.25) is 4.79 Å². The second kappa shape index (κ2) is 5.52. The van der Waals surface area contributed by atoms with Gasteiger partial charge in [0.05, 0.1) is 0 Å². The number of halogens is 2. The summed E-state index contributed by atoms with van der Waals surface area (Å²) in [7, 11) is 0. The summed E-state index contributed by atoms with van der Waals surface area (Å²) in [5.74, 6) is -0.851. The van der Waals surface area contributed by atoms with Crippen molar-refractivity contribution in [2.75, 3.05) is 6.61 Å². The molecule has 0 bridgehead atoms. The van der Waals surface area contributed by atoms with E-state index in [0.29, 0.717) is 12.3 Å². The maximum absolute atomic E-state index is 13.7. The molecule has 0 unspecified atom stereocenters. The number of carbonyl (C=O) groups excluding carboxylic acids is 1. The van der Waals surface area contributed by atoms with Gasteiger partial charge < -0.3 is 9.64 Å². The zero-order valence-corrected chi connectivity index (χ0v) is 11.2. The highest BCUT2D eigenvalue weighted by atomic mass is 19.1. The number of amides is 1. The molecule has 21 heavy (non-hydrogen) atoms.